The van der Waals surface area contributed by atoms with E-state index < -0.39 is 22.2 Å². The molecule has 0 spiro atoms. The summed E-state index contributed by atoms with van der Waals surface area (Å²) in [6.45, 7) is 1.77. The van der Waals surface area contributed by atoms with E-state index >= 15 is 0 Å². The maximum Gasteiger partial charge on any atom is 0.314 e. The highest BCUT2D eigenvalue weighted by molar-refractivity contribution is 5.72. The van der Waals surface area contributed by atoms with Crippen LogP contribution in [0.25, 0.3) is 6.08 Å². The van der Waals surface area contributed by atoms with Gasteiger partial charge in [0.25, 0.3) is 0 Å². The molecule has 1 aromatic carbocycles. The SMILES string of the molecule is CC(=O)NCCC=Cc1cc(F)cc([N+](=O)[O-])c1O. The topological polar surface area (TPSA) is 92.5 Å². The molecule has 1 aromatic rings. The molecule has 0 aliphatic carbocycles. The number of amides is 1. The number of phenolic OH excluding ortho intramolecular Hbond substituents is 1. The molecular weight excluding hydrogens is 255 g/mol. The van der Waals surface area contributed by atoms with E-state index in [1.54, 1.807) is 6.08 Å². The second-order valence-electron chi connectivity index (χ2n) is 3.79. The summed E-state index contributed by atoms with van der Waals surface area (Å²) < 4.78 is 13.1. The monoisotopic (exact) mass is 268 g/mol. The largest absolute Gasteiger partial charge is 0.502 e. The van der Waals surface area contributed by atoms with Crippen LogP contribution in [0.3, 0.4) is 0 Å². The molecule has 0 fully saturated rings. The standard InChI is InChI=1S/C12H13FN2O4/c1-8(16)14-5-3-2-4-9-6-10(13)7-11(12(9)17)15(18)19/h2,4,6-7,17H,3,5H2,1H3,(H,14,16). The normalized spacial score (nSPS) is 10.6. The van der Waals surface area contributed by atoms with E-state index in [1.165, 1.54) is 13.0 Å². The highest BCUT2D eigenvalue weighted by Crippen LogP contribution is 2.31. The molecule has 1 amide bonds. The number of carbonyl (C=O) groups is 1. The second kappa shape index (κ2) is 6.48. The minimum atomic E-state index is -0.854. The Morgan fingerprint density at radius 3 is 2.84 bits per heavy atom. The molecule has 0 aromatic heterocycles. The van der Waals surface area contributed by atoms with Gasteiger partial charge in [-0.25, -0.2) is 4.39 Å². The molecule has 19 heavy (non-hydrogen) atoms. The number of hydrogen-bond acceptors (Lipinski definition) is 4. The number of phenols is 1. The highest BCUT2D eigenvalue weighted by Gasteiger charge is 2.17. The van der Waals surface area contributed by atoms with E-state index in [0.717, 1.165) is 6.07 Å². The molecular formula is C12H13FN2O4. The van der Waals surface area contributed by atoms with Gasteiger partial charge in [-0.05, 0) is 12.5 Å². The molecule has 0 aliphatic rings. The molecule has 0 bridgehead atoms. The van der Waals surface area contributed by atoms with Crippen LogP contribution in [0.1, 0.15) is 18.9 Å². The summed E-state index contributed by atoms with van der Waals surface area (Å²) in [7, 11) is 0. The van der Waals surface area contributed by atoms with Crippen molar-refractivity contribution in [1.82, 2.24) is 5.32 Å². The van der Waals surface area contributed by atoms with Gasteiger partial charge in [0, 0.05) is 19.0 Å². The molecule has 0 atom stereocenters. The van der Waals surface area contributed by atoms with Crippen molar-refractivity contribution in [3.63, 3.8) is 0 Å². The molecule has 6 nitrogen and oxygen atoms in total. The van der Waals surface area contributed by atoms with Crippen LogP contribution in [0.15, 0.2) is 18.2 Å². The molecule has 102 valence electrons. The Balaban J connectivity index is 2.80. The Morgan fingerprint density at radius 1 is 1.58 bits per heavy atom. The van der Waals surface area contributed by atoms with Crippen molar-refractivity contribution < 1.29 is 19.2 Å². The fourth-order valence-electron chi connectivity index (χ4n) is 1.41. The van der Waals surface area contributed by atoms with Crippen molar-refractivity contribution in [2.75, 3.05) is 6.54 Å². The lowest BCUT2D eigenvalue weighted by molar-refractivity contribution is -0.386. The third kappa shape index (κ3) is 4.38. The Morgan fingerprint density at radius 2 is 2.26 bits per heavy atom. The van der Waals surface area contributed by atoms with Gasteiger partial charge < -0.3 is 10.4 Å². The summed E-state index contributed by atoms with van der Waals surface area (Å²) in [5.74, 6) is -1.55. The minimum Gasteiger partial charge on any atom is -0.502 e. The molecule has 0 heterocycles. The van der Waals surface area contributed by atoms with Crippen LogP contribution in [0.5, 0.6) is 5.75 Å². The van der Waals surface area contributed by atoms with E-state index in [1.807, 2.05) is 0 Å². The van der Waals surface area contributed by atoms with Gasteiger partial charge >= 0.3 is 5.69 Å². The lowest BCUT2D eigenvalue weighted by Gasteiger charge is -2.01. The Bertz CT molecular complexity index is 529. The van der Waals surface area contributed by atoms with Gasteiger partial charge in [-0.3, -0.25) is 14.9 Å². The van der Waals surface area contributed by atoms with Crippen LogP contribution in [-0.4, -0.2) is 22.5 Å². The van der Waals surface area contributed by atoms with E-state index in [4.69, 9.17) is 0 Å². The Kier molecular flexibility index (Phi) is 4.99. The van der Waals surface area contributed by atoms with E-state index in [0.29, 0.717) is 19.0 Å². The van der Waals surface area contributed by atoms with Gasteiger partial charge in [0.05, 0.1) is 11.0 Å². The number of nitro benzene ring substituents is 1. The number of aromatic hydroxyl groups is 1. The van der Waals surface area contributed by atoms with Crippen LogP contribution in [-0.2, 0) is 4.79 Å². The zero-order valence-electron chi connectivity index (χ0n) is 10.2. The lowest BCUT2D eigenvalue weighted by Crippen LogP contribution is -2.20. The zero-order valence-corrected chi connectivity index (χ0v) is 10.2. The van der Waals surface area contributed by atoms with Crippen LogP contribution in [0.2, 0.25) is 0 Å². The first-order chi connectivity index (χ1) is 8.91. The third-order valence-corrected chi connectivity index (χ3v) is 2.26. The number of halogens is 1. The smallest absolute Gasteiger partial charge is 0.314 e. The molecule has 1 rings (SSSR count). The van der Waals surface area contributed by atoms with Crippen molar-refractivity contribution in [2.24, 2.45) is 0 Å². The molecule has 0 aliphatic heterocycles. The van der Waals surface area contributed by atoms with Gasteiger partial charge in [-0.1, -0.05) is 12.2 Å². The molecule has 0 saturated carbocycles. The summed E-state index contributed by atoms with van der Waals surface area (Å²) in [4.78, 5) is 20.3. The number of carbonyl (C=O) groups excluding carboxylic acids is 1. The fourth-order valence-corrected chi connectivity index (χ4v) is 1.41. The first-order valence-corrected chi connectivity index (χ1v) is 5.49. The maximum atomic E-state index is 13.1. The first kappa shape index (κ1) is 14.6. The number of rotatable bonds is 5. The predicted molar refractivity (Wildman–Crippen MR) is 67.1 cm³/mol. The van der Waals surface area contributed by atoms with Crippen molar-refractivity contribution >= 4 is 17.7 Å². The second-order valence-corrected chi connectivity index (χ2v) is 3.79. The van der Waals surface area contributed by atoms with E-state index in [9.17, 15) is 24.4 Å². The molecule has 7 heteroatoms. The summed E-state index contributed by atoms with van der Waals surface area (Å²) >= 11 is 0. The van der Waals surface area contributed by atoms with Gasteiger partial charge in [0.2, 0.25) is 11.7 Å². The quantitative estimate of drug-likeness (QED) is 0.485. The van der Waals surface area contributed by atoms with Crippen molar-refractivity contribution in [3.8, 4) is 5.75 Å². The Labute approximate surface area is 108 Å². The van der Waals surface area contributed by atoms with Gasteiger partial charge in [-0.15, -0.1) is 0 Å². The van der Waals surface area contributed by atoms with Gasteiger partial charge in [0.1, 0.15) is 5.82 Å². The molecule has 2 N–H and O–H groups in total. The number of nitro groups is 1. The summed E-state index contributed by atoms with van der Waals surface area (Å²) in [5, 5.41) is 22.7. The first-order valence-electron chi connectivity index (χ1n) is 5.49. The highest BCUT2D eigenvalue weighted by atomic mass is 19.1. The summed E-state index contributed by atoms with van der Waals surface area (Å²) in [6.07, 6.45) is 3.41. The average Bonchev–Trinajstić information content (AvgIpc) is 2.31. The summed E-state index contributed by atoms with van der Waals surface area (Å²) in [6, 6.07) is 1.65. The maximum absolute atomic E-state index is 13.1. The number of hydrogen-bond donors (Lipinski definition) is 2. The van der Waals surface area contributed by atoms with Crippen LogP contribution >= 0.6 is 0 Å². The third-order valence-electron chi connectivity index (χ3n) is 2.26. The van der Waals surface area contributed by atoms with Crippen molar-refractivity contribution in [1.29, 1.82) is 0 Å². The van der Waals surface area contributed by atoms with Crippen molar-refractivity contribution in [3.05, 3.63) is 39.7 Å². The van der Waals surface area contributed by atoms with Crippen LogP contribution < -0.4 is 5.32 Å². The summed E-state index contributed by atoms with van der Waals surface area (Å²) in [5.41, 5.74) is -0.656. The van der Waals surface area contributed by atoms with Crippen LogP contribution in [0.4, 0.5) is 10.1 Å². The van der Waals surface area contributed by atoms with Crippen LogP contribution in [0, 0.1) is 15.9 Å². The average molecular weight is 268 g/mol. The van der Waals surface area contributed by atoms with E-state index in [2.05, 4.69) is 5.32 Å². The minimum absolute atomic E-state index is 0.0227. The van der Waals surface area contributed by atoms with Gasteiger partial charge in [0.15, 0.2) is 0 Å². The molecule has 0 unspecified atom stereocenters. The number of nitrogens with zero attached hydrogens (tertiary/aromatic N) is 1. The zero-order chi connectivity index (χ0) is 14.4. The lowest BCUT2D eigenvalue weighted by atomic mass is 10.1. The number of benzene rings is 1. The van der Waals surface area contributed by atoms with Gasteiger partial charge in [-0.2, -0.15) is 0 Å². The van der Waals surface area contributed by atoms with Crippen molar-refractivity contribution in [2.45, 2.75) is 13.3 Å². The number of nitrogens with one attached hydrogen (secondary N) is 1. The van der Waals surface area contributed by atoms with E-state index in [-0.39, 0.29) is 11.5 Å². The molecule has 0 radical (unpaired) electrons. The fraction of sp³-hybridized carbons (Fsp3) is 0.250. The molecule has 0 saturated heterocycles. The Hall–Kier alpha value is -2.44. The predicted octanol–water partition coefficient (Wildman–Crippen LogP) is 1.98.